The van der Waals surface area contributed by atoms with Gasteiger partial charge in [-0.3, -0.25) is 9.59 Å². The second kappa shape index (κ2) is 7.64. The molecule has 5 nitrogen and oxygen atoms in total. The van der Waals surface area contributed by atoms with Crippen molar-refractivity contribution < 1.29 is 14.3 Å². The van der Waals surface area contributed by atoms with E-state index >= 15 is 0 Å². The van der Waals surface area contributed by atoms with E-state index in [4.69, 9.17) is 4.74 Å². The smallest absolute Gasteiger partial charge is 0.325 e. The minimum Gasteiger partial charge on any atom is -0.468 e. The highest BCUT2D eigenvalue weighted by Crippen LogP contribution is 2.27. The molecule has 6 heteroatoms. The van der Waals surface area contributed by atoms with Crippen LogP contribution in [0.5, 0.6) is 0 Å². The van der Waals surface area contributed by atoms with Gasteiger partial charge in [0, 0.05) is 10.9 Å². The molecule has 0 aliphatic carbocycles. The molecule has 0 unspecified atom stereocenters. The first-order valence-corrected chi connectivity index (χ1v) is 10.0. The third kappa shape index (κ3) is 3.59. The van der Waals surface area contributed by atoms with Crippen LogP contribution < -0.4 is 4.80 Å². The van der Waals surface area contributed by atoms with Crippen molar-refractivity contribution in [2.75, 3.05) is 7.11 Å². The van der Waals surface area contributed by atoms with Gasteiger partial charge in [-0.15, -0.1) is 0 Å². The maximum atomic E-state index is 12.9. The van der Waals surface area contributed by atoms with Crippen molar-refractivity contribution >= 4 is 44.2 Å². The number of hydrogen-bond donors (Lipinski definition) is 0. The summed E-state index contributed by atoms with van der Waals surface area (Å²) in [7, 11) is 1.35. The lowest BCUT2D eigenvalue weighted by molar-refractivity contribution is -0.141. The molecular weight excluding hydrogens is 384 g/mol. The molecule has 0 radical (unpaired) electrons. The largest absolute Gasteiger partial charge is 0.468 e. The van der Waals surface area contributed by atoms with Crippen molar-refractivity contribution in [2.45, 2.75) is 20.4 Å². The fourth-order valence-corrected chi connectivity index (χ4v) is 4.59. The molecule has 1 amide bonds. The highest BCUT2D eigenvalue weighted by molar-refractivity contribution is 7.17. The Hall–Kier alpha value is -3.25. The molecule has 0 aliphatic heterocycles. The summed E-state index contributed by atoms with van der Waals surface area (Å²) in [5, 5.41) is 2.16. The lowest BCUT2D eigenvalue weighted by atomic mass is 10.1. The maximum absolute atomic E-state index is 12.9. The number of hydrogen-bond acceptors (Lipinski definition) is 4. The lowest BCUT2D eigenvalue weighted by Gasteiger charge is -2.05. The Labute approximate surface area is 171 Å². The summed E-state index contributed by atoms with van der Waals surface area (Å²) >= 11 is 1.41. The van der Waals surface area contributed by atoms with Crippen LogP contribution in [0.25, 0.3) is 21.0 Å². The highest BCUT2D eigenvalue weighted by Gasteiger charge is 2.15. The van der Waals surface area contributed by atoms with Crippen LogP contribution in [0.1, 0.15) is 21.5 Å². The summed E-state index contributed by atoms with van der Waals surface area (Å²) in [6.45, 7) is 3.88. The van der Waals surface area contributed by atoms with Gasteiger partial charge in [-0.05, 0) is 36.9 Å². The second-order valence-electron chi connectivity index (χ2n) is 6.92. The van der Waals surface area contributed by atoms with Crippen molar-refractivity contribution in [3.05, 3.63) is 76.1 Å². The lowest BCUT2D eigenvalue weighted by Crippen LogP contribution is -2.22. The van der Waals surface area contributed by atoms with Crippen molar-refractivity contribution in [1.29, 1.82) is 0 Å². The molecule has 4 rings (SSSR count). The van der Waals surface area contributed by atoms with Gasteiger partial charge in [0.05, 0.1) is 17.3 Å². The summed E-state index contributed by atoms with van der Waals surface area (Å²) in [5.41, 5.74) is 3.38. The number of fused-ring (bicyclic) bond motifs is 3. The van der Waals surface area contributed by atoms with Crippen LogP contribution in [0.3, 0.4) is 0 Å². The van der Waals surface area contributed by atoms with Gasteiger partial charge in [0.25, 0.3) is 5.91 Å². The second-order valence-corrected chi connectivity index (χ2v) is 7.89. The Morgan fingerprint density at radius 2 is 1.86 bits per heavy atom. The minimum absolute atomic E-state index is 0.00612. The fraction of sp³-hybridized carbons (Fsp3) is 0.174. The zero-order valence-corrected chi connectivity index (χ0v) is 17.2. The number of benzene rings is 3. The normalized spacial score (nSPS) is 11.9. The average molecular weight is 404 g/mol. The molecule has 0 fully saturated rings. The van der Waals surface area contributed by atoms with E-state index in [0.29, 0.717) is 10.4 Å². The summed E-state index contributed by atoms with van der Waals surface area (Å²) in [6.07, 6.45) is 0. The van der Waals surface area contributed by atoms with Gasteiger partial charge < -0.3 is 9.30 Å². The Balaban J connectivity index is 1.95. The Morgan fingerprint density at radius 3 is 2.62 bits per heavy atom. The number of ether oxygens (including phenoxy) is 1. The first kappa shape index (κ1) is 19.1. The van der Waals surface area contributed by atoms with Gasteiger partial charge in [-0.1, -0.05) is 59.4 Å². The van der Waals surface area contributed by atoms with Gasteiger partial charge in [0.2, 0.25) is 0 Å². The number of nitrogens with zero attached hydrogens (tertiary/aromatic N) is 2. The summed E-state index contributed by atoms with van der Waals surface area (Å²) < 4.78 is 7.59. The topological polar surface area (TPSA) is 60.7 Å². The Bertz CT molecular complexity index is 1330. The third-order valence-corrected chi connectivity index (χ3v) is 6.03. The van der Waals surface area contributed by atoms with E-state index in [2.05, 4.69) is 4.99 Å². The van der Waals surface area contributed by atoms with Gasteiger partial charge in [-0.25, -0.2) is 0 Å². The van der Waals surface area contributed by atoms with Crippen molar-refractivity contribution in [2.24, 2.45) is 4.99 Å². The molecule has 1 aromatic heterocycles. The molecule has 3 aromatic carbocycles. The SMILES string of the molecule is COC(=O)Cn1c(=NC(=O)c2ccc(C)cc2C)sc2c3ccccc3ccc21. The number of carbonyl (C=O) groups excluding carboxylic acids is 2. The summed E-state index contributed by atoms with van der Waals surface area (Å²) in [6, 6.07) is 17.7. The van der Waals surface area contributed by atoms with E-state index in [0.717, 1.165) is 32.1 Å². The molecule has 0 N–H and O–H groups in total. The highest BCUT2D eigenvalue weighted by atomic mass is 32.1. The first-order chi connectivity index (χ1) is 14.0. The van der Waals surface area contributed by atoms with Gasteiger partial charge in [0.15, 0.2) is 4.80 Å². The minimum atomic E-state index is -0.390. The molecule has 0 bridgehead atoms. The standard InChI is InChI=1S/C23H20N2O3S/c1-14-8-10-17(15(2)12-14)22(27)24-23-25(13-20(26)28-3)19-11-9-16-6-4-5-7-18(16)21(19)29-23/h4-12H,13H2,1-3H3. The number of aryl methyl sites for hydroxylation is 2. The third-order valence-electron chi connectivity index (χ3n) is 4.90. The molecule has 29 heavy (non-hydrogen) atoms. The zero-order chi connectivity index (χ0) is 20.5. The van der Waals surface area contributed by atoms with E-state index < -0.39 is 5.97 Å². The summed E-state index contributed by atoms with van der Waals surface area (Å²) in [4.78, 5) is 29.8. The van der Waals surface area contributed by atoms with E-state index in [1.807, 2.05) is 62.4 Å². The number of carbonyl (C=O) groups is 2. The predicted molar refractivity (Wildman–Crippen MR) is 115 cm³/mol. The predicted octanol–water partition coefficient (Wildman–Crippen LogP) is 4.39. The number of thiazole rings is 1. The molecule has 1 heterocycles. The number of rotatable bonds is 3. The van der Waals surface area contributed by atoms with Crippen molar-refractivity contribution in [3.8, 4) is 0 Å². The fourth-order valence-electron chi connectivity index (χ4n) is 3.43. The van der Waals surface area contributed by atoms with Crippen molar-refractivity contribution in [3.63, 3.8) is 0 Å². The van der Waals surface area contributed by atoms with Crippen LogP contribution in [0, 0.1) is 13.8 Å². The molecular formula is C23H20N2O3S. The maximum Gasteiger partial charge on any atom is 0.325 e. The number of amides is 1. The Morgan fingerprint density at radius 1 is 1.07 bits per heavy atom. The molecule has 0 spiro atoms. The first-order valence-electron chi connectivity index (χ1n) is 9.22. The molecule has 0 atom stereocenters. The molecule has 0 aliphatic rings. The van der Waals surface area contributed by atoms with Gasteiger partial charge in [0.1, 0.15) is 6.54 Å². The molecule has 146 valence electrons. The van der Waals surface area contributed by atoms with Crippen molar-refractivity contribution in [1.82, 2.24) is 4.57 Å². The van der Waals surface area contributed by atoms with Crippen LogP contribution in [0.15, 0.2) is 59.6 Å². The van der Waals surface area contributed by atoms with Crippen LogP contribution in [0.2, 0.25) is 0 Å². The number of aromatic nitrogens is 1. The van der Waals surface area contributed by atoms with E-state index in [1.165, 1.54) is 18.4 Å². The van der Waals surface area contributed by atoms with Gasteiger partial charge >= 0.3 is 5.97 Å². The summed E-state index contributed by atoms with van der Waals surface area (Å²) in [5.74, 6) is -0.713. The number of methoxy groups -OCH3 is 1. The molecule has 4 aromatic rings. The van der Waals surface area contributed by atoms with E-state index in [1.54, 1.807) is 10.6 Å². The van der Waals surface area contributed by atoms with Gasteiger partial charge in [-0.2, -0.15) is 4.99 Å². The quantitative estimate of drug-likeness (QED) is 0.476. The number of esters is 1. The monoisotopic (exact) mass is 404 g/mol. The Kier molecular flexibility index (Phi) is 5.03. The average Bonchev–Trinajstić information content (AvgIpc) is 3.05. The van der Waals surface area contributed by atoms with E-state index in [-0.39, 0.29) is 12.5 Å². The van der Waals surface area contributed by atoms with Crippen LogP contribution in [-0.4, -0.2) is 23.6 Å². The zero-order valence-electron chi connectivity index (χ0n) is 16.4. The van der Waals surface area contributed by atoms with E-state index in [9.17, 15) is 9.59 Å². The van der Waals surface area contributed by atoms with Crippen LogP contribution >= 0.6 is 11.3 Å². The molecule has 0 saturated heterocycles. The molecule has 0 saturated carbocycles. The van der Waals surface area contributed by atoms with Crippen LogP contribution in [-0.2, 0) is 16.1 Å². The van der Waals surface area contributed by atoms with Crippen LogP contribution in [0.4, 0.5) is 0 Å².